The quantitative estimate of drug-likeness (QED) is 0.766. The minimum Gasteiger partial charge on any atom is -0.470 e. The van der Waals surface area contributed by atoms with Crippen molar-refractivity contribution in [2.24, 2.45) is 7.05 Å². The van der Waals surface area contributed by atoms with Crippen molar-refractivity contribution in [1.29, 1.82) is 0 Å². The van der Waals surface area contributed by atoms with E-state index >= 15 is 0 Å². The second-order valence-corrected chi connectivity index (χ2v) is 5.68. The van der Waals surface area contributed by atoms with Gasteiger partial charge in [-0.05, 0) is 12.5 Å². The first-order chi connectivity index (χ1) is 12.0. The smallest absolute Gasteiger partial charge is 0.328 e. The Morgan fingerprint density at radius 2 is 2.28 bits per heavy atom. The molecular weight excluding hydrogens is 328 g/mol. The zero-order valence-corrected chi connectivity index (χ0v) is 13.6. The summed E-state index contributed by atoms with van der Waals surface area (Å²) in [5, 5.41) is 2.79. The Labute approximate surface area is 142 Å². The number of carbonyl (C=O) groups excluding carboxylic acids is 1. The van der Waals surface area contributed by atoms with Gasteiger partial charge in [-0.1, -0.05) is 6.07 Å². The molecule has 0 radical (unpaired) electrons. The largest absolute Gasteiger partial charge is 0.470 e. The number of nitrogens with zero attached hydrogens (tertiary/aromatic N) is 2. The third kappa shape index (κ3) is 3.94. The summed E-state index contributed by atoms with van der Waals surface area (Å²) >= 11 is 0. The highest BCUT2D eigenvalue weighted by Gasteiger charge is 2.30. The maximum absolute atomic E-state index is 12.4. The van der Waals surface area contributed by atoms with Crippen molar-refractivity contribution in [3.63, 3.8) is 0 Å². The van der Waals surface area contributed by atoms with Gasteiger partial charge in [-0.2, -0.15) is 0 Å². The summed E-state index contributed by atoms with van der Waals surface area (Å²) in [6.45, 7) is 0.766. The van der Waals surface area contributed by atoms with E-state index in [1.807, 2.05) is 0 Å². The second kappa shape index (κ2) is 7.31. The number of aromatic amines is 1. The van der Waals surface area contributed by atoms with Gasteiger partial charge in [-0.3, -0.25) is 14.6 Å². The minimum absolute atomic E-state index is 0.134. The zero-order valence-electron chi connectivity index (χ0n) is 13.6. The Balaban J connectivity index is 1.75. The van der Waals surface area contributed by atoms with Gasteiger partial charge in [0.1, 0.15) is 11.7 Å². The van der Waals surface area contributed by atoms with Gasteiger partial charge in [0.05, 0.1) is 12.6 Å². The predicted molar refractivity (Wildman–Crippen MR) is 87.6 cm³/mol. The lowest BCUT2D eigenvalue weighted by molar-refractivity contribution is -0.0153. The molecule has 0 aromatic carbocycles. The molecule has 2 atom stereocenters. The molecule has 2 N–H and O–H groups in total. The number of aryl methyl sites for hydroxylation is 1. The van der Waals surface area contributed by atoms with Crippen LogP contribution in [0, 0.1) is 0 Å². The zero-order chi connectivity index (χ0) is 17.8. The molecule has 0 aliphatic carbocycles. The summed E-state index contributed by atoms with van der Waals surface area (Å²) in [6, 6.07) is 4.93. The van der Waals surface area contributed by atoms with Crippen LogP contribution in [0.4, 0.5) is 0 Å². The molecule has 1 amide bonds. The number of carbonyl (C=O) groups is 1. The summed E-state index contributed by atoms with van der Waals surface area (Å²) in [5.41, 5.74) is -1.44. The molecule has 3 heterocycles. The highest BCUT2D eigenvalue weighted by molar-refractivity contribution is 5.93. The number of nitrogens with one attached hydrogen (secondary N) is 2. The van der Waals surface area contributed by atoms with Gasteiger partial charge >= 0.3 is 5.69 Å². The average molecular weight is 346 g/mol. The number of ether oxygens (including phenoxy) is 2. The highest BCUT2D eigenvalue weighted by atomic mass is 16.5. The molecule has 0 saturated carbocycles. The Morgan fingerprint density at radius 3 is 3.04 bits per heavy atom. The third-order valence-corrected chi connectivity index (χ3v) is 3.88. The molecule has 1 saturated heterocycles. The van der Waals surface area contributed by atoms with Gasteiger partial charge < -0.3 is 19.4 Å². The summed E-state index contributed by atoms with van der Waals surface area (Å²) in [6.07, 6.45) is 2.92. The molecule has 0 unspecified atom stereocenters. The number of rotatable bonds is 4. The van der Waals surface area contributed by atoms with Crippen LogP contribution in [0.2, 0.25) is 0 Å². The third-order valence-electron chi connectivity index (χ3n) is 3.88. The van der Waals surface area contributed by atoms with Crippen LogP contribution < -0.4 is 21.3 Å². The van der Waals surface area contributed by atoms with Crippen LogP contribution in [-0.2, 0) is 11.8 Å². The maximum Gasteiger partial charge on any atom is 0.328 e. The van der Waals surface area contributed by atoms with E-state index in [0.717, 1.165) is 4.57 Å². The first kappa shape index (κ1) is 16.9. The van der Waals surface area contributed by atoms with Crippen LogP contribution in [-0.4, -0.2) is 45.8 Å². The maximum atomic E-state index is 12.4. The monoisotopic (exact) mass is 346 g/mol. The molecule has 9 heteroatoms. The molecule has 1 fully saturated rings. The first-order valence-electron chi connectivity index (χ1n) is 7.81. The lowest BCUT2D eigenvalue weighted by atomic mass is 10.1. The van der Waals surface area contributed by atoms with E-state index in [0.29, 0.717) is 25.5 Å². The average Bonchev–Trinajstić information content (AvgIpc) is 2.60. The van der Waals surface area contributed by atoms with E-state index in [1.165, 1.54) is 13.2 Å². The number of pyridine rings is 1. The fraction of sp³-hybridized carbons (Fsp3) is 0.375. The minimum atomic E-state index is -0.727. The topological polar surface area (TPSA) is 115 Å². The van der Waals surface area contributed by atoms with Crippen molar-refractivity contribution in [2.75, 3.05) is 13.2 Å². The molecule has 1 aliphatic heterocycles. The van der Waals surface area contributed by atoms with E-state index in [9.17, 15) is 14.4 Å². The number of hydrogen-bond donors (Lipinski definition) is 2. The van der Waals surface area contributed by atoms with Crippen molar-refractivity contribution in [1.82, 2.24) is 19.9 Å². The van der Waals surface area contributed by atoms with Crippen LogP contribution in [0.5, 0.6) is 5.88 Å². The lowest BCUT2D eigenvalue weighted by Gasteiger charge is -2.31. The molecule has 0 bridgehead atoms. The number of amides is 1. The van der Waals surface area contributed by atoms with Crippen LogP contribution in [0.3, 0.4) is 0 Å². The van der Waals surface area contributed by atoms with Crippen LogP contribution in [0.25, 0.3) is 0 Å². The van der Waals surface area contributed by atoms with Crippen molar-refractivity contribution < 1.29 is 14.3 Å². The van der Waals surface area contributed by atoms with Crippen LogP contribution in [0.15, 0.2) is 40.2 Å². The Hall–Kier alpha value is -2.94. The Bertz CT molecular complexity index is 861. The summed E-state index contributed by atoms with van der Waals surface area (Å²) in [5.74, 6) is -0.143. The molecule has 2 aromatic heterocycles. The summed E-state index contributed by atoms with van der Waals surface area (Å²) in [4.78, 5) is 41.9. The fourth-order valence-corrected chi connectivity index (χ4v) is 2.54. The van der Waals surface area contributed by atoms with E-state index < -0.39 is 23.3 Å². The first-order valence-corrected chi connectivity index (χ1v) is 7.81. The molecule has 2 aromatic rings. The van der Waals surface area contributed by atoms with Crippen molar-refractivity contribution >= 4 is 5.91 Å². The van der Waals surface area contributed by atoms with E-state index in [-0.39, 0.29) is 11.6 Å². The number of hydrogen-bond acceptors (Lipinski definition) is 6. The summed E-state index contributed by atoms with van der Waals surface area (Å²) < 4.78 is 12.3. The van der Waals surface area contributed by atoms with E-state index in [4.69, 9.17) is 9.47 Å². The van der Waals surface area contributed by atoms with Gasteiger partial charge in [0.15, 0.2) is 0 Å². The second-order valence-electron chi connectivity index (χ2n) is 5.68. The standard InChI is InChI=1S/C16H18N4O5/c1-20-8-10(15(22)19-16(20)23)14(21)18-11-5-7-24-9-12(11)25-13-4-2-3-6-17-13/h2-4,6,8,11-12H,5,7,9H2,1H3,(H,18,21)(H,19,22,23)/t11-,12-/m1/s1. The fourth-order valence-electron chi connectivity index (χ4n) is 2.54. The molecule has 25 heavy (non-hydrogen) atoms. The molecule has 3 rings (SSSR count). The molecular formula is C16H18N4O5. The van der Waals surface area contributed by atoms with Gasteiger partial charge in [0, 0.05) is 32.1 Å². The molecule has 0 spiro atoms. The lowest BCUT2D eigenvalue weighted by Crippen LogP contribution is -2.52. The SMILES string of the molecule is Cn1cc(C(=O)N[C@@H]2CCOC[C@H]2Oc2ccccn2)c(=O)[nH]c1=O. The molecule has 1 aliphatic rings. The van der Waals surface area contributed by atoms with Gasteiger partial charge in [0.25, 0.3) is 11.5 Å². The van der Waals surface area contributed by atoms with Gasteiger partial charge in [-0.15, -0.1) is 0 Å². The van der Waals surface area contributed by atoms with Crippen molar-refractivity contribution in [2.45, 2.75) is 18.6 Å². The summed E-state index contributed by atoms with van der Waals surface area (Å²) in [7, 11) is 1.45. The normalized spacial score (nSPS) is 20.0. The van der Waals surface area contributed by atoms with Gasteiger partial charge in [0.2, 0.25) is 5.88 Å². The van der Waals surface area contributed by atoms with E-state index in [2.05, 4.69) is 15.3 Å². The van der Waals surface area contributed by atoms with Crippen molar-refractivity contribution in [3.8, 4) is 5.88 Å². The van der Waals surface area contributed by atoms with Gasteiger partial charge in [-0.25, -0.2) is 9.78 Å². The Kier molecular flexibility index (Phi) is 4.94. The number of aromatic nitrogens is 3. The van der Waals surface area contributed by atoms with Crippen LogP contribution in [0.1, 0.15) is 16.8 Å². The number of H-pyrrole nitrogens is 1. The van der Waals surface area contributed by atoms with E-state index in [1.54, 1.807) is 24.4 Å². The van der Waals surface area contributed by atoms with Crippen LogP contribution >= 0.6 is 0 Å². The predicted octanol–water partition coefficient (Wildman–Crippen LogP) is -0.565. The Morgan fingerprint density at radius 1 is 1.44 bits per heavy atom. The molecule has 9 nitrogen and oxygen atoms in total. The van der Waals surface area contributed by atoms with Crippen molar-refractivity contribution in [3.05, 3.63) is 57.0 Å². The highest BCUT2D eigenvalue weighted by Crippen LogP contribution is 2.15. The molecule has 132 valence electrons.